The summed E-state index contributed by atoms with van der Waals surface area (Å²) in [6, 6.07) is 34.3. The van der Waals surface area contributed by atoms with Crippen molar-refractivity contribution in [2.75, 3.05) is 18.9 Å². The fraction of sp³-hybridized carbons (Fsp3) is 0.324. The first-order chi connectivity index (χ1) is 21.8. The SMILES string of the molecule is C[C@H]1[C@@H](CN(C)[C@@H](C)[C@H](O)c2ccccc2)O[C@@H](c2ccc(NC(=O)NCc3ccccc3)cc2)O[C@H]1c1ccc(CO)cc1. The second kappa shape index (κ2) is 15.3. The van der Waals surface area contributed by atoms with Crippen LogP contribution in [-0.4, -0.2) is 46.9 Å². The van der Waals surface area contributed by atoms with Gasteiger partial charge in [0.25, 0.3) is 0 Å². The van der Waals surface area contributed by atoms with E-state index in [-0.39, 0.29) is 36.8 Å². The first-order valence-corrected chi connectivity index (χ1v) is 15.4. The summed E-state index contributed by atoms with van der Waals surface area (Å²) in [5.74, 6) is -0.000931. The number of amides is 2. The molecule has 1 aliphatic rings. The first-order valence-electron chi connectivity index (χ1n) is 15.4. The van der Waals surface area contributed by atoms with Crippen LogP contribution in [0.5, 0.6) is 0 Å². The third-order valence-corrected chi connectivity index (χ3v) is 8.62. The molecule has 0 spiro atoms. The van der Waals surface area contributed by atoms with Gasteiger partial charge in [0.15, 0.2) is 6.29 Å². The number of aliphatic hydroxyl groups is 2. The van der Waals surface area contributed by atoms with Crippen molar-refractivity contribution in [1.82, 2.24) is 10.2 Å². The summed E-state index contributed by atoms with van der Waals surface area (Å²) in [5.41, 5.74) is 5.23. The molecular weight excluding hydrogens is 566 g/mol. The average Bonchev–Trinajstić information content (AvgIpc) is 3.09. The van der Waals surface area contributed by atoms with E-state index in [9.17, 15) is 15.0 Å². The summed E-state index contributed by atoms with van der Waals surface area (Å²) in [7, 11) is 2.01. The quantitative estimate of drug-likeness (QED) is 0.158. The lowest BCUT2D eigenvalue weighted by Crippen LogP contribution is -2.46. The molecular formula is C37H43N3O5. The van der Waals surface area contributed by atoms with Gasteiger partial charge in [0.2, 0.25) is 0 Å². The molecule has 8 nitrogen and oxygen atoms in total. The Bertz CT molecular complexity index is 1480. The molecule has 5 rings (SSSR count). The molecule has 8 heteroatoms. The Morgan fingerprint density at radius 3 is 2.11 bits per heavy atom. The fourth-order valence-corrected chi connectivity index (χ4v) is 5.63. The summed E-state index contributed by atoms with van der Waals surface area (Å²) in [6.45, 7) is 5.14. The van der Waals surface area contributed by atoms with E-state index < -0.39 is 12.4 Å². The van der Waals surface area contributed by atoms with Crippen LogP contribution in [0.4, 0.5) is 10.5 Å². The Labute approximate surface area is 265 Å². The van der Waals surface area contributed by atoms with Gasteiger partial charge in [0.05, 0.1) is 24.9 Å². The Morgan fingerprint density at radius 2 is 1.47 bits per heavy atom. The second-order valence-electron chi connectivity index (χ2n) is 11.8. The molecule has 0 bridgehead atoms. The molecule has 4 aromatic carbocycles. The number of ether oxygens (including phenoxy) is 2. The van der Waals surface area contributed by atoms with E-state index in [2.05, 4.69) is 22.5 Å². The molecule has 4 aromatic rings. The van der Waals surface area contributed by atoms with E-state index in [0.29, 0.717) is 18.8 Å². The van der Waals surface area contributed by atoms with Crippen LogP contribution in [0.3, 0.4) is 0 Å². The number of urea groups is 1. The van der Waals surface area contributed by atoms with E-state index in [1.165, 1.54) is 0 Å². The molecule has 6 atom stereocenters. The number of nitrogens with one attached hydrogen (secondary N) is 2. The highest BCUT2D eigenvalue weighted by Gasteiger charge is 2.39. The van der Waals surface area contributed by atoms with Gasteiger partial charge in [0.1, 0.15) is 0 Å². The van der Waals surface area contributed by atoms with Crippen LogP contribution < -0.4 is 10.6 Å². The third-order valence-electron chi connectivity index (χ3n) is 8.62. The van der Waals surface area contributed by atoms with Gasteiger partial charge in [-0.05, 0) is 48.4 Å². The van der Waals surface area contributed by atoms with Gasteiger partial charge < -0.3 is 30.3 Å². The maximum absolute atomic E-state index is 12.5. The maximum Gasteiger partial charge on any atom is 0.319 e. The molecule has 0 unspecified atom stereocenters. The van der Waals surface area contributed by atoms with Crippen molar-refractivity contribution in [3.05, 3.63) is 137 Å². The smallest absolute Gasteiger partial charge is 0.319 e. The molecule has 0 radical (unpaired) electrons. The van der Waals surface area contributed by atoms with Crippen LogP contribution in [0.1, 0.15) is 60.2 Å². The number of hydrogen-bond donors (Lipinski definition) is 4. The van der Waals surface area contributed by atoms with Crippen molar-refractivity contribution in [2.24, 2.45) is 5.92 Å². The molecule has 2 amide bonds. The Hall–Kier alpha value is -4.05. The topological polar surface area (TPSA) is 103 Å². The van der Waals surface area contributed by atoms with Crippen molar-refractivity contribution in [3.8, 4) is 0 Å². The van der Waals surface area contributed by atoms with Gasteiger partial charge in [-0.2, -0.15) is 0 Å². The number of rotatable bonds is 11. The van der Waals surface area contributed by atoms with Crippen LogP contribution in [0.2, 0.25) is 0 Å². The molecule has 0 aromatic heterocycles. The van der Waals surface area contributed by atoms with Gasteiger partial charge in [-0.1, -0.05) is 104 Å². The molecule has 1 heterocycles. The number of carbonyl (C=O) groups excluding carboxylic acids is 1. The van der Waals surface area contributed by atoms with Gasteiger partial charge in [-0.25, -0.2) is 4.79 Å². The number of nitrogens with zero attached hydrogens (tertiary/aromatic N) is 1. The maximum atomic E-state index is 12.5. The highest BCUT2D eigenvalue weighted by molar-refractivity contribution is 5.89. The van der Waals surface area contributed by atoms with Crippen LogP contribution in [0.25, 0.3) is 0 Å². The number of aliphatic hydroxyl groups excluding tert-OH is 2. The molecule has 0 aliphatic carbocycles. The molecule has 1 aliphatic heterocycles. The van der Waals surface area contributed by atoms with Crippen molar-refractivity contribution >= 4 is 11.7 Å². The van der Waals surface area contributed by atoms with E-state index >= 15 is 0 Å². The average molecular weight is 610 g/mol. The number of benzene rings is 4. The lowest BCUT2D eigenvalue weighted by atomic mass is 9.89. The Balaban J connectivity index is 1.29. The molecule has 1 fully saturated rings. The van der Waals surface area contributed by atoms with E-state index in [1.54, 1.807) is 0 Å². The lowest BCUT2D eigenvalue weighted by molar-refractivity contribution is -0.276. The highest BCUT2D eigenvalue weighted by Crippen LogP contribution is 2.42. The predicted octanol–water partition coefficient (Wildman–Crippen LogP) is 6.35. The molecule has 45 heavy (non-hydrogen) atoms. The molecule has 236 valence electrons. The van der Waals surface area contributed by atoms with E-state index in [0.717, 1.165) is 27.8 Å². The summed E-state index contributed by atoms with van der Waals surface area (Å²) < 4.78 is 13.2. The first kappa shape index (κ1) is 32.3. The van der Waals surface area contributed by atoms with Crippen molar-refractivity contribution in [2.45, 2.75) is 57.6 Å². The predicted molar refractivity (Wildman–Crippen MR) is 175 cm³/mol. The summed E-state index contributed by atoms with van der Waals surface area (Å²) in [5, 5.41) is 26.4. The monoisotopic (exact) mass is 609 g/mol. The standard InChI is InChI=1S/C37H43N3O5/c1-25-33(23-40(3)26(2)34(42)29-12-8-5-9-13-29)44-36(45-35(25)30-16-14-28(24-41)15-17-30)31-18-20-32(21-19-31)39-37(43)38-22-27-10-6-4-7-11-27/h4-21,25-26,33-36,41-42H,22-24H2,1-3H3,(H2,38,39,43)/t25-,26-,33+,34-,35+,36+/m0/s1. The Morgan fingerprint density at radius 1 is 0.844 bits per heavy atom. The van der Waals surface area contributed by atoms with Gasteiger partial charge in [-0.15, -0.1) is 0 Å². The van der Waals surface area contributed by atoms with Crippen LogP contribution in [0, 0.1) is 5.92 Å². The minimum Gasteiger partial charge on any atom is -0.392 e. The number of hydrogen-bond acceptors (Lipinski definition) is 6. The second-order valence-corrected chi connectivity index (χ2v) is 11.8. The van der Waals surface area contributed by atoms with Crippen LogP contribution in [0.15, 0.2) is 109 Å². The largest absolute Gasteiger partial charge is 0.392 e. The summed E-state index contributed by atoms with van der Waals surface area (Å²) in [6.07, 6.45) is -1.75. The molecule has 0 saturated carbocycles. The highest BCUT2D eigenvalue weighted by atomic mass is 16.7. The zero-order valence-electron chi connectivity index (χ0n) is 26.0. The fourth-order valence-electron chi connectivity index (χ4n) is 5.63. The number of likely N-dealkylation sites (N-methyl/N-ethyl adjacent to an activating group) is 1. The van der Waals surface area contributed by atoms with Crippen molar-refractivity contribution in [3.63, 3.8) is 0 Å². The van der Waals surface area contributed by atoms with E-state index in [4.69, 9.17) is 9.47 Å². The lowest BCUT2D eigenvalue weighted by Gasteiger charge is -2.43. The number of carbonyl (C=O) groups is 1. The molecule has 4 N–H and O–H groups in total. The van der Waals surface area contributed by atoms with Gasteiger partial charge >= 0.3 is 6.03 Å². The van der Waals surface area contributed by atoms with Crippen molar-refractivity contribution < 1.29 is 24.5 Å². The van der Waals surface area contributed by atoms with Gasteiger partial charge in [0, 0.05) is 36.3 Å². The normalized spacial score (nSPS) is 21.2. The number of anilines is 1. The third kappa shape index (κ3) is 8.36. The molecule has 1 saturated heterocycles. The minimum atomic E-state index is -0.645. The van der Waals surface area contributed by atoms with Crippen LogP contribution >= 0.6 is 0 Å². The summed E-state index contributed by atoms with van der Waals surface area (Å²) >= 11 is 0. The van der Waals surface area contributed by atoms with Crippen molar-refractivity contribution in [1.29, 1.82) is 0 Å². The van der Waals surface area contributed by atoms with Gasteiger partial charge in [-0.3, -0.25) is 4.90 Å². The van der Waals surface area contributed by atoms with E-state index in [1.807, 2.05) is 123 Å². The zero-order valence-corrected chi connectivity index (χ0v) is 26.0. The van der Waals surface area contributed by atoms with Crippen LogP contribution in [-0.2, 0) is 22.6 Å². The minimum absolute atomic E-state index is 0.000931. The Kier molecular flexibility index (Phi) is 11.0. The zero-order chi connectivity index (χ0) is 31.8. The summed E-state index contributed by atoms with van der Waals surface area (Å²) in [4.78, 5) is 14.6.